The number of amides is 2. The number of esters is 1. The van der Waals surface area contributed by atoms with Crippen LogP contribution in [0.3, 0.4) is 0 Å². The van der Waals surface area contributed by atoms with Crippen LogP contribution in [0.2, 0.25) is 0 Å². The van der Waals surface area contributed by atoms with E-state index >= 15 is 0 Å². The van der Waals surface area contributed by atoms with Gasteiger partial charge in [-0.1, -0.05) is 12.1 Å². The summed E-state index contributed by atoms with van der Waals surface area (Å²) in [5.41, 5.74) is 3.08. The fraction of sp³-hybridized carbons (Fsp3) is 0.414. The van der Waals surface area contributed by atoms with Crippen molar-refractivity contribution in [3.05, 3.63) is 59.8 Å². The Morgan fingerprint density at radius 1 is 1.03 bits per heavy atom. The van der Waals surface area contributed by atoms with Crippen molar-refractivity contribution in [2.24, 2.45) is 5.92 Å². The summed E-state index contributed by atoms with van der Waals surface area (Å²) < 4.78 is 12.1. The number of hydrogen-bond acceptors (Lipinski definition) is 5. The molecule has 0 aliphatic heterocycles. The molecule has 8 nitrogen and oxygen atoms in total. The second kappa shape index (κ2) is 11.5. The van der Waals surface area contributed by atoms with Crippen molar-refractivity contribution in [2.75, 3.05) is 25.7 Å². The van der Waals surface area contributed by atoms with Gasteiger partial charge < -0.3 is 24.3 Å². The molecule has 1 N–H and O–H groups in total. The lowest BCUT2D eigenvalue weighted by atomic mass is 9.86. The van der Waals surface area contributed by atoms with E-state index in [4.69, 9.17) is 9.47 Å². The van der Waals surface area contributed by atoms with Crippen LogP contribution >= 0.6 is 0 Å². The monoisotopic (exact) mass is 505 g/mol. The van der Waals surface area contributed by atoms with Gasteiger partial charge in [-0.05, 0) is 75.4 Å². The van der Waals surface area contributed by atoms with Gasteiger partial charge in [0.25, 0.3) is 5.91 Å². The number of anilines is 1. The van der Waals surface area contributed by atoms with Gasteiger partial charge in [-0.15, -0.1) is 0 Å². The number of benzene rings is 2. The summed E-state index contributed by atoms with van der Waals surface area (Å²) >= 11 is 0. The molecule has 2 amide bonds. The van der Waals surface area contributed by atoms with Crippen LogP contribution in [0.4, 0.5) is 5.69 Å². The second-order valence-electron chi connectivity index (χ2n) is 9.56. The van der Waals surface area contributed by atoms with Gasteiger partial charge in [0.1, 0.15) is 18.0 Å². The third kappa shape index (κ3) is 5.79. The van der Waals surface area contributed by atoms with E-state index < -0.39 is 0 Å². The number of rotatable bonds is 8. The van der Waals surface area contributed by atoms with Crippen molar-refractivity contribution in [1.29, 1.82) is 0 Å². The first-order valence-corrected chi connectivity index (χ1v) is 12.8. The van der Waals surface area contributed by atoms with Crippen molar-refractivity contribution in [3.63, 3.8) is 0 Å². The summed E-state index contributed by atoms with van der Waals surface area (Å²) in [6.45, 7) is 4.45. The first-order chi connectivity index (χ1) is 17.8. The third-order valence-corrected chi connectivity index (χ3v) is 7.16. The summed E-state index contributed by atoms with van der Waals surface area (Å²) in [4.78, 5) is 40.6. The molecule has 8 heteroatoms. The number of aromatic nitrogens is 1. The molecule has 0 atom stereocenters. The number of likely N-dealkylation sites (N-methyl/N-ethyl adjacent to an activating group) is 1. The van der Waals surface area contributed by atoms with Crippen molar-refractivity contribution < 1.29 is 23.9 Å². The first kappa shape index (κ1) is 26.3. The number of aryl methyl sites for hydroxylation is 1. The topological polar surface area (TPSA) is 89.9 Å². The number of nitrogens with one attached hydrogen (secondary N) is 1. The van der Waals surface area contributed by atoms with E-state index in [1.54, 1.807) is 16.6 Å². The quantitative estimate of drug-likeness (QED) is 0.456. The Morgan fingerprint density at radius 2 is 1.78 bits per heavy atom. The van der Waals surface area contributed by atoms with Crippen LogP contribution in [-0.4, -0.2) is 49.2 Å². The number of nitrogens with zero attached hydrogens (tertiary/aromatic N) is 2. The number of fused-ring (bicyclic) bond motifs is 1. The summed E-state index contributed by atoms with van der Waals surface area (Å²) in [6, 6.07) is 15.2. The van der Waals surface area contributed by atoms with E-state index in [9.17, 15) is 14.4 Å². The largest absolute Gasteiger partial charge is 0.497 e. The highest BCUT2D eigenvalue weighted by Gasteiger charge is 2.29. The fourth-order valence-corrected chi connectivity index (χ4v) is 5.14. The summed E-state index contributed by atoms with van der Waals surface area (Å²) in [6.07, 6.45) is 2.77. The highest BCUT2D eigenvalue weighted by molar-refractivity contribution is 6.01. The van der Waals surface area contributed by atoms with Crippen molar-refractivity contribution in [1.82, 2.24) is 9.88 Å². The number of methoxy groups -OCH3 is 2. The van der Waals surface area contributed by atoms with E-state index in [1.807, 2.05) is 62.4 Å². The average molecular weight is 506 g/mol. The Hall–Kier alpha value is -3.81. The molecular weight excluding hydrogens is 470 g/mol. The van der Waals surface area contributed by atoms with Gasteiger partial charge in [0.05, 0.1) is 25.7 Å². The zero-order chi connectivity index (χ0) is 26.5. The molecule has 0 bridgehead atoms. The molecule has 196 valence electrons. The Kier molecular flexibility index (Phi) is 8.16. The molecule has 1 fully saturated rings. The van der Waals surface area contributed by atoms with Crippen LogP contribution in [-0.2, 0) is 20.9 Å². The second-order valence-corrected chi connectivity index (χ2v) is 9.56. The molecule has 4 rings (SSSR count). The van der Waals surface area contributed by atoms with Crippen molar-refractivity contribution in [3.8, 4) is 5.75 Å². The predicted molar refractivity (Wildman–Crippen MR) is 143 cm³/mol. The predicted octanol–water partition coefficient (Wildman–Crippen LogP) is 4.47. The van der Waals surface area contributed by atoms with Gasteiger partial charge in [-0.25, -0.2) is 0 Å². The van der Waals surface area contributed by atoms with E-state index in [0.717, 1.165) is 22.2 Å². The molecule has 0 saturated heterocycles. The standard InChI is InChI=1S/C29H35N3O5/c1-5-31(23-8-6-7-19(2)15-23)27(33)18-32-25-17-24(36-3)14-11-21(25)16-26(32)28(34)30-22-12-9-20(10-13-22)29(35)37-4/h6-8,11,14-17,20,22H,5,9-10,12-13,18H2,1-4H3,(H,30,34)/t20-,22-. The zero-order valence-electron chi connectivity index (χ0n) is 22.0. The van der Waals surface area contributed by atoms with E-state index in [1.165, 1.54) is 7.11 Å². The zero-order valence-corrected chi connectivity index (χ0v) is 22.0. The van der Waals surface area contributed by atoms with Crippen LogP contribution in [0.1, 0.15) is 48.7 Å². The first-order valence-electron chi connectivity index (χ1n) is 12.8. The minimum absolute atomic E-state index is 0.0102. The number of carbonyl (C=O) groups is 3. The number of carbonyl (C=O) groups excluding carboxylic acids is 3. The number of hydrogen-bond donors (Lipinski definition) is 1. The molecule has 3 aromatic rings. The molecule has 0 unspecified atom stereocenters. The molecule has 37 heavy (non-hydrogen) atoms. The van der Waals surface area contributed by atoms with E-state index in [-0.39, 0.29) is 36.3 Å². The van der Waals surface area contributed by atoms with Crippen molar-refractivity contribution in [2.45, 2.75) is 52.1 Å². The van der Waals surface area contributed by atoms with Gasteiger partial charge in [0.15, 0.2) is 0 Å². The smallest absolute Gasteiger partial charge is 0.308 e. The maximum absolute atomic E-state index is 13.5. The van der Waals surface area contributed by atoms with E-state index in [0.29, 0.717) is 43.7 Å². The third-order valence-electron chi connectivity index (χ3n) is 7.16. The highest BCUT2D eigenvalue weighted by Crippen LogP contribution is 2.28. The fourth-order valence-electron chi connectivity index (χ4n) is 5.14. The summed E-state index contributed by atoms with van der Waals surface area (Å²) in [5, 5.41) is 3.98. The summed E-state index contributed by atoms with van der Waals surface area (Å²) in [5.74, 6) is 0.00496. The van der Waals surface area contributed by atoms with Crippen LogP contribution < -0.4 is 15.0 Å². The van der Waals surface area contributed by atoms with Crippen LogP contribution in [0.5, 0.6) is 5.75 Å². The van der Waals surface area contributed by atoms with Crippen LogP contribution in [0.25, 0.3) is 10.9 Å². The van der Waals surface area contributed by atoms with E-state index in [2.05, 4.69) is 5.32 Å². The Morgan fingerprint density at radius 3 is 2.43 bits per heavy atom. The lowest BCUT2D eigenvalue weighted by Crippen LogP contribution is -2.40. The maximum atomic E-state index is 13.5. The van der Waals surface area contributed by atoms with Crippen LogP contribution in [0.15, 0.2) is 48.5 Å². The van der Waals surface area contributed by atoms with Gasteiger partial charge in [-0.2, -0.15) is 0 Å². The average Bonchev–Trinajstić information content (AvgIpc) is 3.26. The molecule has 2 aromatic carbocycles. The molecule has 0 spiro atoms. The lowest BCUT2D eigenvalue weighted by Gasteiger charge is -2.28. The number of ether oxygens (including phenoxy) is 2. The molecule has 1 heterocycles. The van der Waals surface area contributed by atoms with Gasteiger partial charge in [0.2, 0.25) is 5.91 Å². The minimum atomic E-state index is -0.233. The Bertz CT molecular complexity index is 1290. The molecule has 1 aliphatic rings. The Balaban J connectivity index is 1.60. The maximum Gasteiger partial charge on any atom is 0.308 e. The van der Waals surface area contributed by atoms with Gasteiger partial charge in [-0.3, -0.25) is 14.4 Å². The van der Waals surface area contributed by atoms with Crippen molar-refractivity contribution >= 4 is 34.4 Å². The molecular formula is C29H35N3O5. The molecule has 0 radical (unpaired) electrons. The summed E-state index contributed by atoms with van der Waals surface area (Å²) in [7, 11) is 3.00. The lowest BCUT2D eigenvalue weighted by molar-refractivity contribution is -0.146. The molecule has 1 aliphatic carbocycles. The highest BCUT2D eigenvalue weighted by atomic mass is 16.5. The Labute approximate surface area is 217 Å². The minimum Gasteiger partial charge on any atom is -0.497 e. The van der Waals surface area contributed by atoms with Crippen LogP contribution in [0, 0.1) is 12.8 Å². The SMILES string of the molecule is CCN(C(=O)Cn1c(C(=O)N[C@H]2CC[C@H](C(=O)OC)CC2)cc2ccc(OC)cc21)c1cccc(C)c1. The molecule has 1 aromatic heterocycles. The molecule has 1 saturated carbocycles. The normalized spacial score (nSPS) is 17.3. The van der Waals surface area contributed by atoms with Gasteiger partial charge >= 0.3 is 5.97 Å². The van der Waals surface area contributed by atoms with Gasteiger partial charge in [0, 0.05) is 29.7 Å².